The number of hydrogen-bond donors (Lipinski definition) is 2. The second kappa shape index (κ2) is 6.00. The Morgan fingerprint density at radius 3 is 2.67 bits per heavy atom. The third-order valence-corrected chi connectivity index (χ3v) is 5.89. The molecule has 0 fully saturated rings. The van der Waals surface area contributed by atoms with Gasteiger partial charge in [0.25, 0.3) is 0 Å². The summed E-state index contributed by atoms with van der Waals surface area (Å²) in [5, 5.41) is 10.9. The summed E-state index contributed by atoms with van der Waals surface area (Å²) in [6.45, 7) is 3.38. The summed E-state index contributed by atoms with van der Waals surface area (Å²) in [5.41, 5.74) is 1.22. The molecule has 2 rings (SSSR count). The summed E-state index contributed by atoms with van der Waals surface area (Å²) in [4.78, 5) is 12.1. The van der Waals surface area contributed by atoms with Crippen molar-refractivity contribution in [3.63, 3.8) is 0 Å². The zero-order chi connectivity index (χ0) is 15.6. The molecule has 2 aromatic heterocycles. The van der Waals surface area contributed by atoms with Gasteiger partial charge in [0.2, 0.25) is 10.0 Å². The number of aliphatic carboxylic acids is 1. The number of furan rings is 1. The van der Waals surface area contributed by atoms with Gasteiger partial charge in [-0.25, -0.2) is 8.42 Å². The van der Waals surface area contributed by atoms with Crippen LogP contribution in [0.1, 0.15) is 16.0 Å². The highest BCUT2D eigenvalue weighted by molar-refractivity contribution is 7.89. The minimum atomic E-state index is -3.88. The number of carboxylic acids is 1. The molecule has 2 aromatic rings. The maximum absolute atomic E-state index is 12.4. The lowest BCUT2D eigenvalue weighted by Gasteiger charge is -2.14. The molecule has 0 radical (unpaired) electrons. The molecule has 6 nitrogen and oxygen atoms in total. The molecule has 0 aliphatic carbocycles. The van der Waals surface area contributed by atoms with E-state index in [1.54, 1.807) is 25.3 Å². The van der Waals surface area contributed by atoms with Crippen molar-refractivity contribution in [2.24, 2.45) is 0 Å². The number of nitrogens with one attached hydrogen (secondary N) is 1. The molecule has 0 spiro atoms. The van der Waals surface area contributed by atoms with Gasteiger partial charge in [-0.2, -0.15) is 4.72 Å². The Hall–Kier alpha value is -1.64. The number of carboxylic acid groups (broad SMARTS) is 1. The topological polar surface area (TPSA) is 96.6 Å². The molecule has 0 aliphatic heterocycles. The average Bonchev–Trinajstić information content (AvgIpc) is 2.98. The van der Waals surface area contributed by atoms with Crippen LogP contribution in [0.15, 0.2) is 33.3 Å². The van der Waals surface area contributed by atoms with Gasteiger partial charge >= 0.3 is 5.97 Å². The summed E-state index contributed by atoms with van der Waals surface area (Å²) < 4.78 is 31.9. The number of thiophene rings is 1. The van der Waals surface area contributed by atoms with E-state index in [-0.39, 0.29) is 11.3 Å². The lowest BCUT2D eigenvalue weighted by Crippen LogP contribution is -2.42. The molecule has 0 aliphatic rings. The summed E-state index contributed by atoms with van der Waals surface area (Å²) in [7, 11) is -3.88. The van der Waals surface area contributed by atoms with Crippen LogP contribution in [0.5, 0.6) is 0 Å². The van der Waals surface area contributed by atoms with Crippen molar-refractivity contribution in [2.45, 2.75) is 31.2 Å². The fourth-order valence-electron chi connectivity index (χ4n) is 2.03. The molecule has 0 bridgehead atoms. The molecule has 114 valence electrons. The lowest BCUT2D eigenvalue weighted by molar-refractivity contribution is -0.138. The van der Waals surface area contributed by atoms with Crippen LogP contribution in [0.4, 0.5) is 0 Å². The average molecular weight is 329 g/mol. The highest BCUT2D eigenvalue weighted by Crippen LogP contribution is 2.26. The third kappa shape index (κ3) is 3.52. The van der Waals surface area contributed by atoms with Crippen LogP contribution in [-0.2, 0) is 21.2 Å². The smallest absolute Gasteiger partial charge is 0.322 e. The van der Waals surface area contributed by atoms with Crippen molar-refractivity contribution < 1.29 is 22.7 Å². The van der Waals surface area contributed by atoms with Gasteiger partial charge in [0, 0.05) is 11.3 Å². The Balaban J connectivity index is 2.26. The van der Waals surface area contributed by atoms with E-state index in [9.17, 15) is 18.3 Å². The first-order chi connectivity index (χ1) is 9.81. The summed E-state index contributed by atoms with van der Waals surface area (Å²) >= 11 is 1.32. The molecule has 8 heteroatoms. The normalized spacial score (nSPS) is 13.2. The zero-order valence-electron chi connectivity index (χ0n) is 11.5. The number of aryl methyl sites for hydroxylation is 2. The van der Waals surface area contributed by atoms with Crippen molar-refractivity contribution in [1.82, 2.24) is 4.72 Å². The van der Waals surface area contributed by atoms with E-state index < -0.39 is 22.0 Å². The molecule has 0 amide bonds. The fraction of sp³-hybridized carbons (Fsp3) is 0.308. The van der Waals surface area contributed by atoms with E-state index in [1.165, 1.54) is 23.9 Å². The number of sulfonamides is 1. The van der Waals surface area contributed by atoms with Gasteiger partial charge in [-0.3, -0.25) is 4.79 Å². The van der Waals surface area contributed by atoms with Crippen LogP contribution in [0.2, 0.25) is 0 Å². The van der Waals surface area contributed by atoms with Crippen molar-refractivity contribution in [3.8, 4) is 0 Å². The lowest BCUT2D eigenvalue weighted by atomic mass is 10.1. The van der Waals surface area contributed by atoms with Crippen molar-refractivity contribution in [2.75, 3.05) is 0 Å². The van der Waals surface area contributed by atoms with E-state index >= 15 is 0 Å². The zero-order valence-corrected chi connectivity index (χ0v) is 13.1. The Morgan fingerprint density at radius 2 is 2.19 bits per heavy atom. The van der Waals surface area contributed by atoms with Crippen molar-refractivity contribution >= 4 is 27.3 Å². The van der Waals surface area contributed by atoms with Gasteiger partial charge < -0.3 is 9.52 Å². The first-order valence-electron chi connectivity index (χ1n) is 6.12. The maximum atomic E-state index is 12.4. The van der Waals surface area contributed by atoms with Crippen molar-refractivity contribution in [3.05, 3.63) is 40.0 Å². The SMILES string of the molecule is Cc1csc(C)c1S(=O)(=O)NC(Cc1ccoc1)C(=O)O. The highest BCUT2D eigenvalue weighted by atomic mass is 32.2. The quantitative estimate of drug-likeness (QED) is 0.844. The van der Waals surface area contributed by atoms with Crippen LogP contribution in [0.3, 0.4) is 0 Å². The predicted octanol–water partition coefficient (Wildman–Crippen LogP) is 1.93. The van der Waals surface area contributed by atoms with Gasteiger partial charge in [-0.15, -0.1) is 11.3 Å². The molecule has 1 unspecified atom stereocenters. The van der Waals surface area contributed by atoms with E-state index in [1.807, 2.05) is 0 Å². The standard InChI is InChI=1S/C13H15NO5S2/c1-8-7-20-9(2)12(8)21(17,18)14-11(13(15)16)5-10-3-4-19-6-10/h3-4,6-7,11,14H,5H2,1-2H3,(H,15,16). The van der Waals surface area contributed by atoms with Crippen molar-refractivity contribution in [1.29, 1.82) is 0 Å². The van der Waals surface area contributed by atoms with Gasteiger partial charge in [0.1, 0.15) is 6.04 Å². The maximum Gasteiger partial charge on any atom is 0.322 e. The van der Waals surface area contributed by atoms with Gasteiger partial charge in [-0.1, -0.05) is 0 Å². The molecule has 21 heavy (non-hydrogen) atoms. The molecule has 2 heterocycles. The fourth-order valence-corrected chi connectivity index (χ4v) is 4.86. The van der Waals surface area contributed by atoms with Crippen LogP contribution in [-0.4, -0.2) is 25.5 Å². The predicted molar refractivity (Wildman–Crippen MR) is 78.0 cm³/mol. The molecule has 1 atom stereocenters. The van der Waals surface area contributed by atoms with E-state index in [0.717, 1.165) is 0 Å². The van der Waals surface area contributed by atoms with E-state index in [2.05, 4.69) is 4.72 Å². The molecule has 0 saturated carbocycles. The first kappa shape index (κ1) is 15.7. The first-order valence-corrected chi connectivity index (χ1v) is 8.48. The van der Waals surface area contributed by atoms with Gasteiger partial charge in [0.15, 0.2) is 0 Å². The Kier molecular flexibility index (Phi) is 4.50. The Bertz CT molecular complexity index is 711. The van der Waals surface area contributed by atoms with Gasteiger partial charge in [-0.05, 0) is 36.4 Å². The molecule has 2 N–H and O–H groups in total. The van der Waals surface area contributed by atoms with Crippen LogP contribution in [0, 0.1) is 13.8 Å². The molecule has 0 saturated heterocycles. The van der Waals surface area contributed by atoms with Crippen LogP contribution < -0.4 is 4.72 Å². The number of carbonyl (C=O) groups is 1. The van der Waals surface area contributed by atoms with Gasteiger partial charge in [0.05, 0.1) is 17.4 Å². The summed E-state index contributed by atoms with van der Waals surface area (Å²) in [6, 6.07) is 0.358. The Labute approximate surface area is 126 Å². The second-order valence-corrected chi connectivity index (χ2v) is 7.39. The number of rotatable bonds is 6. The number of hydrogen-bond acceptors (Lipinski definition) is 5. The van der Waals surface area contributed by atoms with E-state index in [4.69, 9.17) is 4.42 Å². The largest absolute Gasteiger partial charge is 0.480 e. The summed E-state index contributed by atoms with van der Waals surface area (Å²) in [6.07, 6.45) is 2.83. The minimum Gasteiger partial charge on any atom is -0.480 e. The highest BCUT2D eigenvalue weighted by Gasteiger charge is 2.28. The Morgan fingerprint density at radius 1 is 1.48 bits per heavy atom. The molecular formula is C13H15NO5S2. The monoisotopic (exact) mass is 329 g/mol. The summed E-state index contributed by atoms with van der Waals surface area (Å²) in [5.74, 6) is -1.23. The molecule has 0 aromatic carbocycles. The van der Waals surface area contributed by atoms with E-state index in [0.29, 0.717) is 16.0 Å². The minimum absolute atomic E-state index is 0.0211. The second-order valence-electron chi connectivity index (χ2n) is 4.65. The van der Waals surface area contributed by atoms with Crippen LogP contribution >= 0.6 is 11.3 Å². The molecular weight excluding hydrogens is 314 g/mol. The van der Waals surface area contributed by atoms with Crippen LogP contribution in [0.25, 0.3) is 0 Å². The third-order valence-electron chi connectivity index (χ3n) is 2.97.